The lowest BCUT2D eigenvalue weighted by Gasteiger charge is -2.13. The van der Waals surface area contributed by atoms with Crippen molar-refractivity contribution < 1.29 is 9.53 Å². The Bertz CT molecular complexity index is 324. The zero-order valence-corrected chi connectivity index (χ0v) is 10.6. The molecule has 0 aliphatic carbocycles. The van der Waals surface area contributed by atoms with Crippen molar-refractivity contribution in [3.8, 4) is 0 Å². The first-order valence-electron chi connectivity index (χ1n) is 6.15. The third-order valence-electron chi connectivity index (χ3n) is 2.51. The molecule has 1 aromatic rings. The molecule has 0 aromatic heterocycles. The number of benzene rings is 1. The predicted octanol–water partition coefficient (Wildman–Crippen LogP) is 2.16. The molecular weight excluding hydrogens is 214 g/mol. The maximum atomic E-state index is 11.1. The molecule has 1 rings (SSSR count). The summed E-state index contributed by atoms with van der Waals surface area (Å²) >= 11 is 0. The van der Waals surface area contributed by atoms with Crippen LogP contribution >= 0.6 is 0 Å². The standard InChI is InChI=1S/C14H21NO2/c1-3-17-14(16)9-10-15-12(2)11-13-7-5-4-6-8-13/h4-8,12,15H,3,9-11H2,1-2H3/t12-/m0/s1. The van der Waals surface area contributed by atoms with Gasteiger partial charge in [-0.05, 0) is 25.8 Å². The number of ether oxygens (including phenoxy) is 1. The van der Waals surface area contributed by atoms with Crippen LogP contribution in [0.2, 0.25) is 0 Å². The van der Waals surface area contributed by atoms with Gasteiger partial charge in [0, 0.05) is 12.6 Å². The molecule has 3 nitrogen and oxygen atoms in total. The van der Waals surface area contributed by atoms with E-state index >= 15 is 0 Å². The van der Waals surface area contributed by atoms with E-state index < -0.39 is 0 Å². The second-order valence-corrected chi connectivity index (χ2v) is 4.10. The first kappa shape index (κ1) is 13.7. The van der Waals surface area contributed by atoms with Gasteiger partial charge in [0.15, 0.2) is 0 Å². The molecule has 0 bridgehead atoms. The summed E-state index contributed by atoms with van der Waals surface area (Å²) < 4.78 is 4.86. The van der Waals surface area contributed by atoms with Crippen LogP contribution in [0.1, 0.15) is 25.8 Å². The second kappa shape index (κ2) is 7.85. The van der Waals surface area contributed by atoms with Gasteiger partial charge in [-0.3, -0.25) is 4.79 Å². The van der Waals surface area contributed by atoms with Gasteiger partial charge in [0.1, 0.15) is 0 Å². The molecule has 17 heavy (non-hydrogen) atoms. The van der Waals surface area contributed by atoms with E-state index in [-0.39, 0.29) is 5.97 Å². The Morgan fingerprint density at radius 2 is 2.06 bits per heavy atom. The molecule has 94 valence electrons. The van der Waals surface area contributed by atoms with Crippen LogP contribution in [0.3, 0.4) is 0 Å². The minimum Gasteiger partial charge on any atom is -0.466 e. The van der Waals surface area contributed by atoms with E-state index in [9.17, 15) is 4.79 Å². The van der Waals surface area contributed by atoms with Gasteiger partial charge in [0.2, 0.25) is 0 Å². The average molecular weight is 235 g/mol. The van der Waals surface area contributed by atoms with Crippen LogP contribution in [0.25, 0.3) is 0 Å². The fourth-order valence-electron chi connectivity index (χ4n) is 1.69. The first-order valence-corrected chi connectivity index (χ1v) is 6.15. The van der Waals surface area contributed by atoms with E-state index in [4.69, 9.17) is 4.74 Å². The van der Waals surface area contributed by atoms with Crippen molar-refractivity contribution in [2.24, 2.45) is 0 Å². The summed E-state index contributed by atoms with van der Waals surface area (Å²) in [5.41, 5.74) is 1.31. The summed E-state index contributed by atoms with van der Waals surface area (Å²) in [7, 11) is 0. The monoisotopic (exact) mass is 235 g/mol. The molecule has 0 heterocycles. The molecule has 1 aromatic carbocycles. The highest BCUT2D eigenvalue weighted by Gasteiger charge is 2.05. The van der Waals surface area contributed by atoms with E-state index in [0.29, 0.717) is 25.6 Å². The van der Waals surface area contributed by atoms with Crippen molar-refractivity contribution >= 4 is 5.97 Å². The van der Waals surface area contributed by atoms with Gasteiger partial charge in [-0.15, -0.1) is 0 Å². The van der Waals surface area contributed by atoms with Crippen LogP contribution in [0.15, 0.2) is 30.3 Å². The van der Waals surface area contributed by atoms with E-state index in [2.05, 4.69) is 24.4 Å². The first-order chi connectivity index (χ1) is 8.22. The maximum Gasteiger partial charge on any atom is 0.307 e. The summed E-state index contributed by atoms with van der Waals surface area (Å²) in [6, 6.07) is 10.7. The Morgan fingerprint density at radius 3 is 2.71 bits per heavy atom. The molecule has 0 aliphatic heterocycles. The van der Waals surface area contributed by atoms with Gasteiger partial charge in [-0.25, -0.2) is 0 Å². The molecule has 0 unspecified atom stereocenters. The van der Waals surface area contributed by atoms with Crippen molar-refractivity contribution in [3.05, 3.63) is 35.9 Å². The highest BCUT2D eigenvalue weighted by Crippen LogP contribution is 2.02. The van der Waals surface area contributed by atoms with Gasteiger partial charge < -0.3 is 10.1 Å². The summed E-state index contributed by atoms with van der Waals surface area (Å²) in [6.45, 7) is 5.08. The number of nitrogens with one attached hydrogen (secondary N) is 1. The molecule has 0 aliphatic rings. The Balaban J connectivity index is 2.17. The molecule has 3 heteroatoms. The van der Waals surface area contributed by atoms with Crippen molar-refractivity contribution in [1.82, 2.24) is 5.32 Å². The molecule has 0 saturated heterocycles. The predicted molar refractivity (Wildman–Crippen MR) is 68.9 cm³/mol. The zero-order chi connectivity index (χ0) is 12.5. The number of esters is 1. The van der Waals surface area contributed by atoms with Gasteiger partial charge in [0.05, 0.1) is 13.0 Å². The molecule has 0 fully saturated rings. The topological polar surface area (TPSA) is 38.3 Å². The zero-order valence-electron chi connectivity index (χ0n) is 10.6. The normalized spacial score (nSPS) is 12.1. The van der Waals surface area contributed by atoms with Gasteiger partial charge in [-0.2, -0.15) is 0 Å². The van der Waals surface area contributed by atoms with Gasteiger partial charge in [-0.1, -0.05) is 30.3 Å². The number of carbonyl (C=O) groups is 1. The van der Waals surface area contributed by atoms with Crippen molar-refractivity contribution in [3.63, 3.8) is 0 Å². The Hall–Kier alpha value is -1.35. The summed E-state index contributed by atoms with van der Waals surface area (Å²) in [4.78, 5) is 11.1. The van der Waals surface area contributed by atoms with E-state index in [0.717, 1.165) is 6.42 Å². The molecule has 0 saturated carbocycles. The SMILES string of the molecule is CCOC(=O)CCN[C@@H](C)Cc1ccccc1. The van der Waals surface area contributed by atoms with Crippen LogP contribution < -0.4 is 5.32 Å². The van der Waals surface area contributed by atoms with E-state index in [1.54, 1.807) is 0 Å². The minimum absolute atomic E-state index is 0.132. The molecular formula is C14H21NO2. The molecule has 0 radical (unpaired) electrons. The highest BCUT2D eigenvalue weighted by atomic mass is 16.5. The van der Waals surface area contributed by atoms with Crippen molar-refractivity contribution in [2.75, 3.05) is 13.2 Å². The van der Waals surface area contributed by atoms with Crippen LogP contribution in [-0.2, 0) is 16.0 Å². The average Bonchev–Trinajstić information content (AvgIpc) is 2.30. The highest BCUT2D eigenvalue weighted by molar-refractivity contribution is 5.69. The Morgan fingerprint density at radius 1 is 1.35 bits per heavy atom. The molecule has 1 atom stereocenters. The van der Waals surface area contributed by atoms with Crippen LogP contribution in [0, 0.1) is 0 Å². The van der Waals surface area contributed by atoms with Crippen LogP contribution in [-0.4, -0.2) is 25.2 Å². The third kappa shape index (κ3) is 6.07. The largest absolute Gasteiger partial charge is 0.466 e. The van der Waals surface area contributed by atoms with Crippen LogP contribution in [0.4, 0.5) is 0 Å². The lowest BCUT2D eigenvalue weighted by molar-refractivity contribution is -0.142. The summed E-state index contributed by atoms with van der Waals surface area (Å²) in [6.07, 6.45) is 1.41. The van der Waals surface area contributed by atoms with E-state index in [1.807, 2.05) is 25.1 Å². The number of hydrogen-bond acceptors (Lipinski definition) is 3. The maximum absolute atomic E-state index is 11.1. The summed E-state index contributed by atoms with van der Waals surface area (Å²) in [5, 5.41) is 3.32. The lowest BCUT2D eigenvalue weighted by atomic mass is 10.1. The fourth-order valence-corrected chi connectivity index (χ4v) is 1.69. The fraction of sp³-hybridized carbons (Fsp3) is 0.500. The number of rotatable bonds is 7. The Kier molecular flexibility index (Phi) is 6.33. The van der Waals surface area contributed by atoms with Crippen molar-refractivity contribution in [2.45, 2.75) is 32.7 Å². The second-order valence-electron chi connectivity index (χ2n) is 4.10. The number of hydrogen-bond donors (Lipinski definition) is 1. The van der Waals surface area contributed by atoms with Crippen LogP contribution in [0.5, 0.6) is 0 Å². The Labute approximate surface area is 103 Å². The van der Waals surface area contributed by atoms with Gasteiger partial charge >= 0.3 is 5.97 Å². The minimum atomic E-state index is -0.132. The van der Waals surface area contributed by atoms with Gasteiger partial charge in [0.25, 0.3) is 0 Å². The van der Waals surface area contributed by atoms with E-state index in [1.165, 1.54) is 5.56 Å². The van der Waals surface area contributed by atoms with Crippen molar-refractivity contribution in [1.29, 1.82) is 0 Å². The third-order valence-corrected chi connectivity index (χ3v) is 2.51. The molecule has 0 spiro atoms. The lowest BCUT2D eigenvalue weighted by Crippen LogP contribution is -2.30. The summed E-state index contributed by atoms with van der Waals surface area (Å²) in [5.74, 6) is -0.132. The molecule has 1 N–H and O–H groups in total. The quantitative estimate of drug-likeness (QED) is 0.736. The molecule has 0 amide bonds. The smallest absolute Gasteiger partial charge is 0.307 e. The number of carbonyl (C=O) groups excluding carboxylic acids is 1.